The Hall–Kier alpha value is -2.29. The molecule has 0 saturated carbocycles. The van der Waals surface area contributed by atoms with Gasteiger partial charge >= 0.3 is 0 Å². The number of ether oxygens (including phenoxy) is 1. The first-order valence-electron chi connectivity index (χ1n) is 7.32. The molecule has 21 heavy (non-hydrogen) atoms. The predicted octanol–water partition coefficient (Wildman–Crippen LogP) is 3.50. The highest BCUT2D eigenvalue weighted by Gasteiger charge is 2.12. The molecule has 0 aromatic heterocycles. The lowest BCUT2D eigenvalue weighted by molar-refractivity contribution is -0.118. The number of carbonyl (C=O) groups is 1. The van der Waals surface area contributed by atoms with Gasteiger partial charge in [0.15, 0.2) is 6.61 Å². The van der Waals surface area contributed by atoms with Gasteiger partial charge in [-0.15, -0.1) is 0 Å². The largest absolute Gasteiger partial charge is 0.484 e. The molecule has 0 aliphatic heterocycles. The van der Waals surface area contributed by atoms with E-state index in [1.165, 1.54) is 17.5 Å². The number of fused-ring (bicyclic) bond motifs is 1. The number of hydrogen-bond acceptors (Lipinski definition) is 2. The molecule has 3 rings (SSSR count). The highest BCUT2D eigenvalue weighted by Crippen LogP contribution is 2.26. The van der Waals surface area contributed by atoms with Gasteiger partial charge in [0.25, 0.3) is 5.91 Å². The van der Waals surface area contributed by atoms with E-state index in [1.54, 1.807) is 0 Å². The van der Waals surface area contributed by atoms with Crippen LogP contribution in [0.2, 0.25) is 0 Å². The molecule has 0 unspecified atom stereocenters. The average Bonchev–Trinajstić information content (AvgIpc) is 2.95. The van der Waals surface area contributed by atoms with Gasteiger partial charge in [0.2, 0.25) is 0 Å². The summed E-state index contributed by atoms with van der Waals surface area (Å²) in [5, 5.41) is 2.87. The minimum atomic E-state index is -0.134. The molecule has 0 bridgehead atoms. The van der Waals surface area contributed by atoms with Crippen LogP contribution in [0, 0.1) is 6.92 Å². The lowest BCUT2D eigenvalue weighted by Gasteiger charge is -2.10. The summed E-state index contributed by atoms with van der Waals surface area (Å²) in [7, 11) is 0. The minimum Gasteiger partial charge on any atom is -0.484 e. The summed E-state index contributed by atoms with van der Waals surface area (Å²) in [4.78, 5) is 11.9. The van der Waals surface area contributed by atoms with Crippen molar-refractivity contribution in [2.45, 2.75) is 26.2 Å². The first-order chi connectivity index (χ1) is 10.2. The summed E-state index contributed by atoms with van der Waals surface area (Å²) in [5.41, 5.74) is 4.64. The van der Waals surface area contributed by atoms with Crippen LogP contribution in [0.25, 0.3) is 0 Å². The van der Waals surface area contributed by atoms with Crippen LogP contribution in [-0.2, 0) is 17.6 Å². The van der Waals surface area contributed by atoms with E-state index < -0.39 is 0 Å². The molecule has 0 atom stereocenters. The number of para-hydroxylation sites is 1. The van der Waals surface area contributed by atoms with Crippen molar-refractivity contribution in [1.29, 1.82) is 0 Å². The number of rotatable bonds is 4. The molecule has 108 valence electrons. The normalized spacial score (nSPS) is 12.8. The Morgan fingerprint density at radius 2 is 1.95 bits per heavy atom. The number of benzene rings is 2. The fraction of sp³-hybridized carbons (Fsp3) is 0.278. The maximum absolute atomic E-state index is 11.9. The van der Waals surface area contributed by atoms with Gasteiger partial charge in [0.1, 0.15) is 5.75 Å². The van der Waals surface area contributed by atoms with Crippen LogP contribution in [0.5, 0.6) is 5.75 Å². The molecule has 0 radical (unpaired) electrons. The van der Waals surface area contributed by atoms with E-state index in [0.29, 0.717) is 0 Å². The summed E-state index contributed by atoms with van der Waals surface area (Å²) < 4.78 is 5.59. The summed E-state index contributed by atoms with van der Waals surface area (Å²) in [6.45, 7) is 2.00. The highest BCUT2D eigenvalue weighted by atomic mass is 16.5. The molecule has 3 heteroatoms. The first-order valence-corrected chi connectivity index (χ1v) is 7.32. The van der Waals surface area contributed by atoms with Crippen LogP contribution in [0.3, 0.4) is 0 Å². The second kappa shape index (κ2) is 6.00. The van der Waals surface area contributed by atoms with Crippen molar-refractivity contribution in [2.75, 3.05) is 11.9 Å². The lowest BCUT2D eigenvalue weighted by atomic mass is 10.1. The van der Waals surface area contributed by atoms with E-state index in [4.69, 9.17) is 4.74 Å². The van der Waals surface area contributed by atoms with Crippen molar-refractivity contribution in [3.8, 4) is 5.75 Å². The van der Waals surface area contributed by atoms with Gasteiger partial charge in [-0.25, -0.2) is 0 Å². The zero-order valence-electron chi connectivity index (χ0n) is 12.2. The Kier molecular flexibility index (Phi) is 3.91. The number of aryl methyl sites for hydroxylation is 3. The summed E-state index contributed by atoms with van der Waals surface area (Å²) in [6, 6.07) is 13.8. The number of nitrogens with one attached hydrogen (secondary N) is 1. The van der Waals surface area contributed by atoms with E-state index in [1.807, 2.05) is 37.3 Å². The van der Waals surface area contributed by atoms with Crippen LogP contribution in [0.15, 0.2) is 42.5 Å². The molecule has 1 N–H and O–H groups in total. The second-order valence-corrected chi connectivity index (χ2v) is 5.44. The molecule has 0 saturated heterocycles. The van der Waals surface area contributed by atoms with Gasteiger partial charge in [-0.2, -0.15) is 0 Å². The SMILES string of the molecule is Cc1ccccc1NC(=O)COc1ccc2c(c1)CCC2. The van der Waals surface area contributed by atoms with E-state index >= 15 is 0 Å². The number of anilines is 1. The quantitative estimate of drug-likeness (QED) is 0.931. The summed E-state index contributed by atoms with van der Waals surface area (Å²) in [6.07, 6.45) is 3.48. The fourth-order valence-electron chi connectivity index (χ4n) is 2.69. The molecule has 1 aliphatic rings. The highest BCUT2D eigenvalue weighted by molar-refractivity contribution is 5.92. The van der Waals surface area contributed by atoms with Gasteiger partial charge in [0, 0.05) is 5.69 Å². The van der Waals surface area contributed by atoms with Crippen LogP contribution >= 0.6 is 0 Å². The Morgan fingerprint density at radius 3 is 2.81 bits per heavy atom. The minimum absolute atomic E-state index is 0.0348. The Morgan fingerprint density at radius 1 is 1.14 bits per heavy atom. The van der Waals surface area contributed by atoms with Gasteiger partial charge < -0.3 is 10.1 Å². The Bertz CT molecular complexity index is 664. The first kappa shape index (κ1) is 13.7. The van der Waals surface area contributed by atoms with Gasteiger partial charge in [-0.3, -0.25) is 4.79 Å². The molecule has 1 aliphatic carbocycles. The number of carbonyl (C=O) groups excluding carboxylic acids is 1. The third-order valence-electron chi connectivity index (χ3n) is 3.86. The third-order valence-corrected chi connectivity index (χ3v) is 3.86. The molecular weight excluding hydrogens is 262 g/mol. The zero-order chi connectivity index (χ0) is 14.7. The lowest BCUT2D eigenvalue weighted by Crippen LogP contribution is -2.20. The monoisotopic (exact) mass is 281 g/mol. The average molecular weight is 281 g/mol. The molecule has 1 amide bonds. The molecule has 2 aromatic carbocycles. The van der Waals surface area contributed by atoms with Crippen LogP contribution in [-0.4, -0.2) is 12.5 Å². The molecule has 0 fully saturated rings. The smallest absolute Gasteiger partial charge is 0.262 e. The maximum Gasteiger partial charge on any atom is 0.262 e. The van der Waals surface area contributed by atoms with Crippen LogP contribution < -0.4 is 10.1 Å². The summed E-state index contributed by atoms with van der Waals surface area (Å²) >= 11 is 0. The van der Waals surface area contributed by atoms with Crippen molar-refractivity contribution in [3.05, 3.63) is 59.2 Å². The van der Waals surface area contributed by atoms with Crippen molar-refractivity contribution >= 4 is 11.6 Å². The van der Waals surface area contributed by atoms with Crippen LogP contribution in [0.4, 0.5) is 5.69 Å². The third kappa shape index (κ3) is 3.24. The number of hydrogen-bond donors (Lipinski definition) is 1. The van der Waals surface area contributed by atoms with Gasteiger partial charge in [-0.05, 0) is 61.1 Å². The van der Waals surface area contributed by atoms with Crippen molar-refractivity contribution in [1.82, 2.24) is 0 Å². The van der Waals surface area contributed by atoms with E-state index in [0.717, 1.165) is 29.8 Å². The van der Waals surface area contributed by atoms with Crippen molar-refractivity contribution in [2.24, 2.45) is 0 Å². The topological polar surface area (TPSA) is 38.3 Å². The standard InChI is InChI=1S/C18H19NO2/c1-13-5-2-3-8-17(13)19-18(20)12-21-16-10-9-14-6-4-7-15(14)11-16/h2-3,5,8-11H,4,6-7,12H2,1H3,(H,19,20). The van der Waals surface area contributed by atoms with E-state index in [9.17, 15) is 4.79 Å². The Balaban J connectivity index is 1.58. The molecule has 0 heterocycles. The van der Waals surface area contributed by atoms with Crippen molar-refractivity contribution in [3.63, 3.8) is 0 Å². The van der Waals surface area contributed by atoms with Gasteiger partial charge in [-0.1, -0.05) is 24.3 Å². The van der Waals surface area contributed by atoms with E-state index in [-0.39, 0.29) is 12.5 Å². The van der Waals surface area contributed by atoms with Gasteiger partial charge in [0.05, 0.1) is 0 Å². The maximum atomic E-state index is 11.9. The molecular formula is C18H19NO2. The second-order valence-electron chi connectivity index (χ2n) is 5.44. The van der Waals surface area contributed by atoms with Crippen LogP contribution in [0.1, 0.15) is 23.1 Å². The summed E-state index contributed by atoms with van der Waals surface area (Å²) in [5.74, 6) is 0.639. The van der Waals surface area contributed by atoms with E-state index in [2.05, 4.69) is 17.4 Å². The molecule has 0 spiro atoms. The fourth-order valence-corrected chi connectivity index (χ4v) is 2.69. The van der Waals surface area contributed by atoms with Crippen molar-refractivity contribution < 1.29 is 9.53 Å². The zero-order valence-corrected chi connectivity index (χ0v) is 12.2. The predicted molar refractivity (Wildman–Crippen MR) is 83.8 cm³/mol. The Labute approximate surface area is 124 Å². The molecule has 3 nitrogen and oxygen atoms in total. The number of amides is 1. The molecule has 2 aromatic rings.